The second-order valence-corrected chi connectivity index (χ2v) is 3.62. The van der Waals surface area contributed by atoms with Gasteiger partial charge in [0.25, 0.3) is 0 Å². The average molecular weight is 196 g/mol. The summed E-state index contributed by atoms with van der Waals surface area (Å²) in [5, 5.41) is 2.66. The van der Waals surface area contributed by atoms with Crippen molar-refractivity contribution in [3.05, 3.63) is 12.4 Å². The molecule has 3 N–H and O–H groups in total. The Balaban J connectivity index is 2.62. The second-order valence-electron chi connectivity index (χ2n) is 3.62. The van der Waals surface area contributed by atoms with Crippen LogP contribution in [0.1, 0.15) is 13.8 Å². The minimum atomic E-state index is -0.494. The van der Waals surface area contributed by atoms with Gasteiger partial charge in [-0.15, -0.1) is 0 Å². The van der Waals surface area contributed by atoms with Gasteiger partial charge in [0.15, 0.2) is 0 Å². The Morgan fingerprint density at radius 2 is 2.29 bits per heavy atom. The Labute approximate surface area is 83.3 Å². The van der Waals surface area contributed by atoms with Crippen LogP contribution in [0.25, 0.3) is 0 Å². The van der Waals surface area contributed by atoms with E-state index in [0.29, 0.717) is 5.95 Å². The molecule has 1 amide bonds. The molecule has 5 nitrogen and oxygen atoms in total. The van der Waals surface area contributed by atoms with Gasteiger partial charge in [0.05, 0.1) is 6.04 Å². The number of carbonyl (C=O) groups excluding carboxylic acids is 1. The number of carbonyl (C=O) groups is 1. The van der Waals surface area contributed by atoms with Crippen molar-refractivity contribution >= 4 is 11.9 Å². The standard InChI is InChI=1S/C9H16N4O/c1-6(2)7(10)8(14)12-9-11-4-5-13(9)3/h4-7H,10H2,1-3H3,(H,11,12,14)/t7-/m0/s1. The maximum Gasteiger partial charge on any atom is 0.243 e. The van der Waals surface area contributed by atoms with Crippen LogP contribution in [0, 0.1) is 5.92 Å². The van der Waals surface area contributed by atoms with Crippen LogP contribution in [0.2, 0.25) is 0 Å². The molecule has 0 aliphatic heterocycles. The van der Waals surface area contributed by atoms with Crippen LogP contribution in [0.4, 0.5) is 5.95 Å². The molecular formula is C9H16N4O. The van der Waals surface area contributed by atoms with Crippen LogP contribution in [-0.4, -0.2) is 21.5 Å². The summed E-state index contributed by atoms with van der Waals surface area (Å²) < 4.78 is 1.73. The van der Waals surface area contributed by atoms with Crippen molar-refractivity contribution in [2.24, 2.45) is 18.7 Å². The van der Waals surface area contributed by atoms with E-state index in [9.17, 15) is 4.79 Å². The molecule has 1 aromatic rings. The zero-order valence-corrected chi connectivity index (χ0v) is 8.69. The van der Waals surface area contributed by atoms with Crippen molar-refractivity contribution in [2.45, 2.75) is 19.9 Å². The molecule has 0 aliphatic rings. The summed E-state index contributed by atoms with van der Waals surface area (Å²) in [6.07, 6.45) is 3.38. The monoisotopic (exact) mass is 196 g/mol. The van der Waals surface area contributed by atoms with Crippen LogP contribution in [0.15, 0.2) is 12.4 Å². The van der Waals surface area contributed by atoms with E-state index in [0.717, 1.165) is 0 Å². The molecule has 0 saturated heterocycles. The van der Waals surface area contributed by atoms with E-state index < -0.39 is 6.04 Å². The van der Waals surface area contributed by atoms with E-state index in [2.05, 4.69) is 10.3 Å². The maximum absolute atomic E-state index is 11.5. The van der Waals surface area contributed by atoms with E-state index in [1.807, 2.05) is 20.9 Å². The third kappa shape index (κ3) is 2.32. The van der Waals surface area contributed by atoms with Gasteiger partial charge in [-0.25, -0.2) is 4.98 Å². The Morgan fingerprint density at radius 1 is 1.64 bits per heavy atom. The number of hydrogen-bond acceptors (Lipinski definition) is 3. The highest BCUT2D eigenvalue weighted by atomic mass is 16.2. The van der Waals surface area contributed by atoms with Crippen molar-refractivity contribution < 1.29 is 4.79 Å². The Bertz CT molecular complexity index is 318. The number of aromatic nitrogens is 2. The molecule has 0 bridgehead atoms. The number of anilines is 1. The van der Waals surface area contributed by atoms with Crippen LogP contribution >= 0.6 is 0 Å². The van der Waals surface area contributed by atoms with Gasteiger partial charge >= 0.3 is 0 Å². The van der Waals surface area contributed by atoms with E-state index in [-0.39, 0.29) is 11.8 Å². The first-order valence-corrected chi connectivity index (χ1v) is 4.56. The zero-order valence-electron chi connectivity index (χ0n) is 8.69. The van der Waals surface area contributed by atoms with Gasteiger partial charge in [0.1, 0.15) is 0 Å². The van der Waals surface area contributed by atoms with Crippen molar-refractivity contribution in [3.8, 4) is 0 Å². The van der Waals surface area contributed by atoms with E-state index in [1.54, 1.807) is 17.0 Å². The number of nitrogens with two attached hydrogens (primary N) is 1. The highest BCUT2D eigenvalue weighted by Crippen LogP contribution is 2.04. The molecule has 0 aromatic carbocycles. The second kappa shape index (κ2) is 4.23. The van der Waals surface area contributed by atoms with Gasteiger partial charge in [-0.1, -0.05) is 13.8 Å². The Hall–Kier alpha value is -1.36. The topological polar surface area (TPSA) is 72.9 Å². The fraction of sp³-hybridized carbons (Fsp3) is 0.556. The van der Waals surface area contributed by atoms with Crippen LogP contribution in [-0.2, 0) is 11.8 Å². The predicted octanol–water partition coefficient (Wildman–Crippen LogP) is 0.342. The SMILES string of the molecule is CC(C)[C@H](N)C(=O)Nc1nccn1C. The number of imidazole rings is 1. The number of nitrogens with one attached hydrogen (secondary N) is 1. The average Bonchev–Trinajstić information content (AvgIpc) is 2.50. The molecule has 1 rings (SSSR count). The largest absolute Gasteiger partial charge is 0.320 e. The van der Waals surface area contributed by atoms with Gasteiger partial charge in [-0.05, 0) is 5.92 Å². The van der Waals surface area contributed by atoms with Gasteiger partial charge < -0.3 is 10.3 Å². The molecule has 0 radical (unpaired) electrons. The summed E-state index contributed by atoms with van der Waals surface area (Å²) in [7, 11) is 1.81. The van der Waals surface area contributed by atoms with Gasteiger partial charge in [-0.3, -0.25) is 10.1 Å². The van der Waals surface area contributed by atoms with Crippen molar-refractivity contribution in [1.82, 2.24) is 9.55 Å². The molecule has 0 saturated carbocycles. The van der Waals surface area contributed by atoms with E-state index >= 15 is 0 Å². The third-order valence-corrected chi connectivity index (χ3v) is 2.08. The van der Waals surface area contributed by atoms with E-state index in [1.165, 1.54) is 0 Å². The highest BCUT2D eigenvalue weighted by Gasteiger charge is 2.18. The van der Waals surface area contributed by atoms with Crippen molar-refractivity contribution in [1.29, 1.82) is 0 Å². The molecule has 0 fully saturated rings. The number of rotatable bonds is 3. The zero-order chi connectivity index (χ0) is 10.7. The first kappa shape index (κ1) is 10.7. The number of aryl methyl sites for hydroxylation is 1. The molecule has 0 unspecified atom stereocenters. The minimum absolute atomic E-state index is 0.121. The fourth-order valence-corrected chi connectivity index (χ4v) is 0.982. The Kier molecular flexibility index (Phi) is 3.24. The predicted molar refractivity (Wildman–Crippen MR) is 54.7 cm³/mol. The van der Waals surface area contributed by atoms with Gasteiger partial charge in [0.2, 0.25) is 11.9 Å². The van der Waals surface area contributed by atoms with E-state index in [4.69, 9.17) is 5.73 Å². The van der Waals surface area contributed by atoms with Crippen molar-refractivity contribution in [2.75, 3.05) is 5.32 Å². The number of hydrogen-bond donors (Lipinski definition) is 2. The van der Waals surface area contributed by atoms with Gasteiger partial charge in [-0.2, -0.15) is 0 Å². The number of nitrogens with zero attached hydrogens (tertiary/aromatic N) is 2. The van der Waals surface area contributed by atoms with Crippen LogP contribution in [0.5, 0.6) is 0 Å². The minimum Gasteiger partial charge on any atom is -0.320 e. The normalized spacial score (nSPS) is 12.9. The highest BCUT2D eigenvalue weighted by molar-refractivity contribution is 5.93. The number of amides is 1. The lowest BCUT2D eigenvalue weighted by Crippen LogP contribution is -2.40. The summed E-state index contributed by atoms with van der Waals surface area (Å²) in [4.78, 5) is 15.5. The first-order valence-electron chi connectivity index (χ1n) is 4.56. The molecule has 1 aromatic heterocycles. The lowest BCUT2D eigenvalue weighted by atomic mass is 10.1. The quantitative estimate of drug-likeness (QED) is 0.732. The third-order valence-electron chi connectivity index (χ3n) is 2.08. The summed E-state index contributed by atoms with van der Waals surface area (Å²) in [5.41, 5.74) is 5.68. The summed E-state index contributed by atoms with van der Waals surface area (Å²) in [6.45, 7) is 3.81. The molecule has 78 valence electrons. The maximum atomic E-state index is 11.5. The molecule has 1 atom stereocenters. The van der Waals surface area contributed by atoms with Crippen LogP contribution < -0.4 is 11.1 Å². The molecule has 14 heavy (non-hydrogen) atoms. The molecule has 0 spiro atoms. The smallest absolute Gasteiger partial charge is 0.243 e. The van der Waals surface area contributed by atoms with Gasteiger partial charge in [0, 0.05) is 19.4 Å². The lowest BCUT2D eigenvalue weighted by Gasteiger charge is -2.14. The summed E-state index contributed by atoms with van der Waals surface area (Å²) in [6, 6.07) is -0.494. The first-order chi connectivity index (χ1) is 6.52. The molecular weight excluding hydrogens is 180 g/mol. The summed E-state index contributed by atoms with van der Waals surface area (Å²) >= 11 is 0. The molecule has 5 heteroatoms. The lowest BCUT2D eigenvalue weighted by molar-refractivity contribution is -0.118. The molecule has 1 heterocycles. The van der Waals surface area contributed by atoms with Crippen LogP contribution in [0.3, 0.4) is 0 Å². The summed E-state index contributed by atoms with van der Waals surface area (Å²) in [5.74, 6) is 0.440. The fourth-order valence-electron chi connectivity index (χ4n) is 0.982. The van der Waals surface area contributed by atoms with Crippen molar-refractivity contribution in [3.63, 3.8) is 0 Å². The molecule has 0 aliphatic carbocycles. The Morgan fingerprint density at radius 3 is 2.71 bits per heavy atom.